The van der Waals surface area contributed by atoms with Crippen molar-refractivity contribution in [1.29, 1.82) is 0 Å². The summed E-state index contributed by atoms with van der Waals surface area (Å²) in [4.78, 5) is 28.7. The van der Waals surface area contributed by atoms with Crippen molar-refractivity contribution in [3.8, 4) is 0 Å². The average molecular weight is 361 g/mol. The number of nitrogens with one attached hydrogen (secondary N) is 1. The van der Waals surface area contributed by atoms with Crippen molar-refractivity contribution < 1.29 is 9.59 Å². The van der Waals surface area contributed by atoms with Gasteiger partial charge in [-0.2, -0.15) is 0 Å². The number of rotatable bonds is 3. The molecule has 1 N–H and O–H groups in total. The molecular weight excluding hydrogens is 332 g/mol. The van der Waals surface area contributed by atoms with Gasteiger partial charge in [0.1, 0.15) is 0 Å². The van der Waals surface area contributed by atoms with Crippen LogP contribution in [0.25, 0.3) is 0 Å². The lowest BCUT2D eigenvalue weighted by molar-refractivity contribution is -0.129. The number of amides is 2. The number of hydrogen-bond acceptors (Lipinski definition) is 3. The van der Waals surface area contributed by atoms with E-state index in [4.69, 9.17) is 0 Å². The molecule has 2 aliphatic carbocycles. The smallest absolute Gasteiger partial charge is 0.263 e. The third-order valence-electron chi connectivity index (χ3n) is 6.53. The second-order valence-electron chi connectivity index (χ2n) is 8.13. The van der Waals surface area contributed by atoms with Crippen LogP contribution < -0.4 is 5.32 Å². The highest BCUT2D eigenvalue weighted by atomic mass is 32.1. The van der Waals surface area contributed by atoms with Crippen LogP contribution in [-0.2, 0) is 4.79 Å². The molecule has 0 bridgehead atoms. The standard InChI is InChI=1S/C20H28N2O2S/c23-18(21-15-7-2-3-8-15)16-13-22(19(24)17-9-6-12-25-17)14-20(16)10-4-1-5-11-20/h6,9,12,15-16H,1-5,7-8,10-11,13-14H2,(H,21,23). The van der Waals surface area contributed by atoms with Crippen molar-refractivity contribution in [1.82, 2.24) is 10.2 Å². The van der Waals surface area contributed by atoms with Crippen LogP contribution >= 0.6 is 11.3 Å². The first-order valence-corrected chi connectivity index (χ1v) is 10.7. The van der Waals surface area contributed by atoms with Gasteiger partial charge in [-0.15, -0.1) is 11.3 Å². The van der Waals surface area contributed by atoms with Gasteiger partial charge in [0.15, 0.2) is 0 Å². The van der Waals surface area contributed by atoms with Crippen LogP contribution in [0.2, 0.25) is 0 Å². The molecule has 1 unspecified atom stereocenters. The second-order valence-corrected chi connectivity index (χ2v) is 9.08. The summed E-state index contributed by atoms with van der Waals surface area (Å²) < 4.78 is 0. The summed E-state index contributed by atoms with van der Waals surface area (Å²) in [6, 6.07) is 4.18. The number of likely N-dealkylation sites (tertiary alicyclic amines) is 1. The van der Waals surface area contributed by atoms with Gasteiger partial charge in [0.05, 0.1) is 10.8 Å². The van der Waals surface area contributed by atoms with E-state index < -0.39 is 0 Å². The van der Waals surface area contributed by atoms with Gasteiger partial charge in [0, 0.05) is 24.5 Å². The third-order valence-corrected chi connectivity index (χ3v) is 7.39. The predicted octanol–water partition coefficient (Wildman–Crippen LogP) is 3.83. The number of hydrogen-bond donors (Lipinski definition) is 1. The monoisotopic (exact) mass is 360 g/mol. The fourth-order valence-electron chi connectivity index (χ4n) is 5.18. The highest BCUT2D eigenvalue weighted by Gasteiger charge is 2.51. The molecule has 2 heterocycles. The van der Waals surface area contributed by atoms with E-state index in [0.29, 0.717) is 12.6 Å². The summed E-state index contributed by atoms with van der Waals surface area (Å²) in [7, 11) is 0. The fraction of sp³-hybridized carbons (Fsp3) is 0.700. The highest BCUT2D eigenvalue weighted by Crippen LogP contribution is 2.48. The van der Waals surface area contributed by atoms with E-state index in [1.54, 1.807) is 0 Å². The summed E-state index contributed by atoms with van der Waals surface area (Å²) >= 11 is 1.50. The zero-order valence-electron chi connectivity index (χ0n) is 14.8. The molecule has 1 atom stereocenters. The predicted molar refractivity (Wildman–Crippen MR) is 99.6 cm³/mol. The van der Waals surface area contributed by atoms with Gasteiger partial charge in [-0.3, -0.25) is 9.59 Å². The van der Waals surface area contributed by atoms with E-state index in [9.17, 15) is 9.59 Å². The van der Waals surface area contributed by atoms with Crippen LogP contribution in [0.5, 0.6) is 0 Å². The molecule has 0 radical (unpaired) electrons. The summed E-state index contributed by atoms with van der Waals surface area (Å²) in [5.74, 6) is 0.281. The molecule has 1 spiro atoms. The number of thiophene rings is 1. The Labute approximate surface area is 154 Å². The Kier molecular flexibility index (Phi) is 4.85. The van der Waals surface area contributed by atoms with Gasteiger partial charge in [0.2, 0.25) is 5.91 Å². The van der Waals surface area contributed by atoms with Crippen LogP contribution in [0.4, 0.5) is 0 Å². The first kappa shape index (κ1) is 17.1. The molecule has 136 valence electrons. The Morgan fingerprint density at radius 1 is 1.12 bits per heavy atom. The molecule has 2 amide bonds. The number of nitrogens with zero attached hydrogens (tertiary/aromatic N) is 1. The second kappa shape index (κ2) is 7.10. The molecule has 4 rings (SSSR count). The summed E-state index contributed by atoms with van der Waals surface area (Å²) in [6.07, 6.45) is 10.5. The van der Waals surface area contributed by atoms with Gasteiger partial charge in [-0.1, -0.05) is 38.2 Å². The molecule has 1 aliphatic heterocycles. The molecule has 1 aromatic rings. The molecule has 25 heavy (non-hydrogen) atoms. The molecule has 1 saturated heterocycles. The minimum Gasteiger partial charge on any atom is -0.353 e. The van der Waals surface area contributed by atoms with E-state index >= 15 is 0 Å². The molecule has 4 nitrogen and oxygen atoms in total. The zero-order chi connectivity index (χ0) is 17.3. The van der Waals surface area contributed by atoms with E-state index in [2.05, 4.69) is 5.32 Å². The number of carbonyl (C=O) groups is 2. The van der Waals surface area contributed by atoms with Crippen molar-refractivity contribution in [2.45, 2.75) is 63.8 Å². The van der Waals surface area contributed by atoms with Crippen molar-refractivity contribution in [2.75, 3.05) is 13.1 Å². The minimum atomic E-state index is -0.0303. The van der Waals surface area contributed by atoms with Crippen molar-refractivity contribution in [2.24, 2.45) is 11.3 Å². The maximum atomic E-state index is 13.1. The molecule has 3 aliphatic rings. The van der Waals surface area contributed by atoms with Crippen LogP contribution in [0.15, 0.2) is 17.5 Å². The first-order chi connectivity index (χ1) is 12.2. The van der Waals surface area contributed by atoms with Gasteiger partial charge in [0.25, 0.3) is 5.91 Å². The Balaban J connectivity index is 1.52. The van der Waals surface area contributed by atoms with Gasteiger partial charge in [-0.05, 0) is 37.1 Å². The molecule has 2 saturated carbocycles. The average Bonchev–Trinajstić information content (AvgIpc) is 3.36. The van der Waals surface area contributed by atoms with Crippen LogP contribution in [-0.4, -0.2) is 35.8 Å². The van der Waals surface area contributed by atoms with Crippen LogP contribution in [0.3, 0.4) is 0 Å². The van der Waals surface area contributed by atoms with Gasteiger partial charge < -0.3 is 10.2 Å². The molecule has 3 fully saturated rings. The molecule has 1 aromatic heterocycles. The van der Waals surface area contributed by atoms with Crippen molar-refractivity contribution in [3.05, 3.63) is 22.4 Å². The Bertz CT molecular complexity index is 616. The highest BCUT2D eigenvalue weighted by molar-refractivity contribution is 7.12. The molecule has 5 heteroatoms. The van der Waals surface area contributed by atoms with Crippen LogP contribution in [0.1, 0.15) is 67.5 Å². The Hall–Kier alpha value is -1.36. The maximum absolute atomic E-state index is 13.1. The maximum Gasteiger partial charge on any atom is 0.263 e. The van der Waals surface area contributed by atoms with Crippen molar-refractivity contribution in [3.63, 3.8) is 0 Å². The lowest BCUT2D eigenvalue weighted by Crippen LogP contribution is -2.45. The van der Waals surface area contributed by atoms with Gasteiger partial charge in [-0.25, -0.2) is 0 Å². The SMILES string of the molecule is O=C(NC1CCCC1)C1CN(C(=O)c2cccs2)CC12CCCCC2. The minimum absolute atomic E-state index is 0.00779. The van der Waals surface area contributed by atoms with E-state index in [0.717, 1.165) is 37.1 Å². The van der Waals surface area contributed by atoms with E-state index in [1.807, 2.05) is 22.4 Å². The number of carbonyl (C=O) groups excluding carboxylic acids is 2. The fourth-order valence-corrected chi connectivity index (χ4v) is 5.87. The third kappa shape index (κ3) is 3.35. The molecule has 0 aromatic carbocycles. The summed E-state index contributed by atoms with van der Waals surface area (Å²) in [5, 5.41) is 5.26. The van der Waals surface area contributed by atoms with Crippen molar-refractivity contribution >= 4 is 23.2 Å². The first-order valence-electron chi connectivity index (χ1n) is 9.81. The summed E-state index contributed by atoms with van der Waals surface area (Å²) in [5.41, 5.74) is 0.00779. The van der Waals surface area contributed by atoms with E-state index in [1.165, 1.54) is 43.4 Å². The lowest BCUT2D eigenvalue weighted by Gasteiger charge is -2.37. The Morgan fingerprint density at radius 2 is 1.88 bits per heavy atom. The lowest BCUT2D eigenvalue weighted by atomic mass is 9.67. The Morgan fingerprint density at radius 3 is 2.56 bits per heavy atom. The van der Waals surface area contributed by atoms with E-state index in [-0.39, 0.29) is 23.1 Å². The molecular formula is C20H28N2O2S. The topological polar surface area (TPSA) is 49.4 Å². The quantitative estimate of drug-likeness (QED) is 0.890. The largest absolute Gasteiger partial charge is 0.353 e. The normalized spacial score (nSPS) is 26.2. The summed E-state index contributed by atoms with van der Waals surface area (Å²) in [6.45, 7) is 1.35. The zero-order valence-corrected chi connectivity index (χ0v) is 15.7. The van der Waals surface area contributed by atoms with Gasteiger partial charge >= 0.3 is 0 Å². The van der Waals surface area contributed by atoms with Crippen LogP contribution in [0, 0.1) is 11.3 Å².